The zero-order valence-electron chi connectivity index (χ0n) is 22.6. The smallest absolute Gasteiger partial charge is 0.378 e. The number of nitrogens with zero attached hydrogens (tertiary/aromatic N) is 4. The van der Waals surface area contributed by atoms with Crippen LogP contribution >= 0.6 is 0 Å². The Balaban J connectivity index is 0.000000314. The summed E-state index contributed by atoms with van der Waals surface area (Å²) in [6, 6.07) is 23.9. The molecule has 0 unspecified atom stereocenters. The summed E-state index contributed by atoms with van der Waals surface area (Å²) in [5, 5.41) is 4.14. The van der Waals surface area contributed by atoms with E-state index < -0.39 is 21.9 Å². The summed E-state index contributed by atoms with van der Waals surface area (Å²) in [5.74, 6) is 1.02. The van der Waals surface area contributed by atoms with Gasteiger partial charge in [0.2, 0.25) is 5.95 Å². The van der Waals surface area contributed by atoms with Gasteiger partial charge in [-0.25, -0.2) is 4.98 Å². The zero-order chi connectivity index (χ0) is 30.5. The van der Waals surface area contributed by atoms with Crippen molar-refractivity contribution in [2.24, 2.45) is 0 Å². The summed E-state index contributed by atoms with van der Waals surface area (Å²) < 4.78 is 73.4. The fourth-order valence-electron chi connectivity index (χ4n) is 4.26. The third-order valence-corrected chi connectivity index (χ3v) is 7.30. The van der Waals surface area contributed by atoms with E-state index in [0.717, 1.165) is 28.6 Å². The lowest BCUT2D eigenvalue weighted by molar-refractivity contribution is -0.137. The van der Waals surface area contributed by atoms with Crippen LogP contribution in [-0.4, -0.2) is 54.2 Å². The van der Waals surface area contributed by atoms with Gasteiger partial charge in [0, 0.05) is 42.0 Å². The predicted molar refractivity (Wildman–Crippen MR) is 157 cm³/mol. The minimum Gasteiger partial charge on any atom is -0.378 e. The van der Waals surface area contributed by atoms with Crippen LogP contribution in [0.1, 0.15) is 5.56 Å². The molecule has 2 N–H and O–H groups in total. The third kappa shape index (κ3) is 7.83. The highest BCUT2D eigenvalue weighted by molar-refractivity contribution is 7.85. The maximum atomic E-state index is 12.9. The van der Waals surface area contributed by atoms with E-state index in [9.17, 15) is 21.6 Å². The maximum Gasteiger partial charge on any atom is 0.416 e. The molecule has 1 aliphatic heterocycles. The van der Waals surface area contributed by atoms with E-state index >= 15 is 0 Å². The van der Waals surface area contributed by atoms with Gasteiger partial charge in [-0.15, -0.1) is 0 Å². The van der Waals surface area contributed by atoms with Gasteiger partial charge >= 0.3 is 6.18 Å². The molecule has 0 bridgehead atoms. The Morgan fingerprint density at radius 2 is 1.58 bits per heavy atom. The molecule has 0 atom stereocenters. The summed E-state index contributed by atoms with van der Waals surface area (Å²) >= 11 is 0. The van der Waals surface area contributed by atoms with Crippen molar-refractivity contribution in [2.45, 2.75) is 11.1 Å². The standard InChI is InChI=1S/C24H20F3N5O.C6H6O3S/c25-24(26,27)18-5-7-19(8-6-18)29-22-15-21(30-23(31-22)32-10-12-33-13-11-32)17-4-3-16-2-1-9-28-20(16)14-17;7-10(8,9)6-4-2-1-3-5-6/h1-9,14-15H,10-13H2,(H,29,30,31);1-5H,(H,7,8,9). The second-order valence-electron chi connectivity index (χ2n) is 9.44. The summed E-state index contributed by atoms with van der Waals surface area (Å²) in [5.41, 5.74) is 2.20. The van der Waals surface area contributed by atoms with E-state index in [1.165, 1.54) is 24.3 Å². The van der Waals surface area contributed by atoms with Crippen LogP contribution in [0, 0.1) is 0 Å². The Bertz CT molecular complexity index is 1800. The van der Waals surface area contributed by atoms with Gasteiger partial charge in [-0.05, 0) is 48.5 Å². The molecule has 3 aromatic carbocycles. The van der Waals surface area contributed by atoms with Crippen molar-refractivity contribution >= 4 is 38.5 Å². The molecule has 0 radical (unpaired) electrons. The first-order chi connectivity index (χ1) is 20.6. The van der Waals surface area contributed by atoms with Gasteiger partial charge in [0.1, 0.15) is 5.82 Å². The Morgan fingerprint density at radius 3 is 2.23 bits per heavy atom. The van der Waals surface area contributed by atoms with Gasteiger partial charge in [0.15, 0.2) is 0 Å². The van der Waals surface area contributed by atoms with Crippen molar-refractivity contribution in [3.63, 3.8) is 0 Å². The summed E-state index contributed by atoms with van der Waals surface area (Å²) in [4.78, 5) is 15.8. The first-order valence-corrected chi connectivity index (χ1v) is 14.5. The topological polar surface area (TPSA) is 118 Å². The number of nitrogens with one attached hydrogen (secondary N) is 1. The summed E-state index contributed by atoms with van der Waals surface area (Å²) in [6.45, 7) is 2.47. The van der Waals surface area contributed by atoms with Crippen LogP contribution in [0.4, 0.5) is 30.6 Å². The van der Waals surface area contributed by atoms with Crippen molar-refractivity contribution in [2.75, 3.05) is 36.5 Å². The van der Waals surface area contributed by atoms with Gasteiger partial charge in [0.05, 0.1) is 34.9 Å². The molecule has 1 fully saturated rings. The average Bonchev–Trinajstić information content (AvgIpc) is 3.01. The molecule has 0 aliphatic carbocycles. The van der Waals surface area contributed by atoms with Gasteiger partial charge in [0.25, 0.3) is 10.1 Å². The zero-order valence-corrected chi connectivity index (χ0v) is 23.4. The minimum absolute atomic E-state index is 0.0741. The van der Waals surface area contributed by atoms with Crippen LogP contribution in [0.2, 0.25) is 0 Å². The number of aromatic nitrogens is 3. The lowest BCUT2D eigenvalue weighted by Gasteiger charge is -2.27. The van der Waals surface area contributed by atoms with E-state index in [0.29, 0.717) is 49.5 Å². The molecule has 2 aromatic heterocycles. The highest BCUT2D eigenvalue weighted by atomic mass is 32.2. The highest BCUT2D eigenvalue weighted by Gasteiger charge is 2.30. The Hall–Kier alpha value is -4.59. The lowest BCUT2D eigenvalue weighted by Crippen LogP contribution is -2.37. The highest BCUT2D eigenvalue weighted by Crippen LogP contribution is 2.31. The number of ether oxygens (including phenoxy) is 1. The predicted octanol–water partition coefficient (Wildman–Crippen LogP) is 6.22. The SMILES string of the molecule is FC(F)(F)c1ccc(Nc2cc(-c3ccc4cccnc4c3)nc(N3CCOCC3)n2)cc1.O=S(=O)(O)c1ccccc1. The molecule has 6 rings (SSSR count). The molecule has 222 valence electrons. The van der Waals surface area contributed by atoms with Crippen molar-refractivity contribution in [3.05, 3.63) is 103 Å². The molecule has 43 heavy (non-hydrogen) atoms. The number of halogens is 3. The lowest BCUT2D eigenvalue weighted by atomic mass is 10.1. The molecule has 0 saturated carbocycles. The van der Waals surface area contributed by atoms with Crippen molar-refractivity contribution in [3.8, 4) is 11.3 Å². The number of rotatable bonds is 5. The van der Waals surface area contributed by atoms with Crippen molar-refractivity contribution in [1.82, 2.24) is 15.0 Å². The minimum atomic E-state index is -4.38. The fraction of sp³-hybridized carbons (Fsp3) is 0.167. The maximum absolute atomic E-state index is 12.9. The summed E-state index contributed by atoms with van der Waals surface area (Å²) in [7, 11) is -4.00. The second kappa shape index (κ2) is 12.7. The van der Waals surface area contributed by atoms with E-state index in [4.69, 9.17) is 14.3 Å². The number of alkyl halides is 3. The molecule has 0 amide bonds. The van der Waals surface area contributed by atoms with Gasteiger partial charge in [-0.3, -0.25) is 9.54 Å². The number of hydrogen-bond acceptors (Lipinski definition) is 8. The molecular weight excluding hydrogens is 583 g/mol. The largest absolute Gasteiger partial charge is 0.416 e. The number of pyridine rings is 1. The molecule has 5 aromatic rings. The Morgan fingerprint density at radius 1 is 0.860 bits per heavy atom. The molecule has 1 aliphatic rings. The molecule has 3 heterocycles. The van der Waals surface area contributed by atoms with Gasteiger partial charge in [-0.1, -0.05) is 36.4 Å². The monoisotopic (exact) mass is 609 g/mol. The molecule has 0 spiro atoms. The van der Waals surface area contributed by atoms with Crippen LogP contribution in [0.3, 0.4) is 0 Å². The van der Waals surface area contributed by atoms with Gasteiger partial charge in [-0.2, -0.15) is 26.6 Å². The van der Waals surface area contributed by atoms with Crippen molar-refractivity contribution in [1.29, 1.82) is 0 Å². The van der Waals surface area contributed by atoms with E-state index in [-0.39, 0.29) is 4.90 Å². The number of morpholine rings is 1. The third-order valence-electron chi connectivity index (χ3n) is 6.44. The number of anilines is 3. The second-order valence-corrected chi connectivity index (χ2v) is 10.9. The first-order valence-electron chi connectivity index (χ1n) is 13.1. The number of hydrogen-bond donors (Lipinski definition) is 2. The van der Waals surface area contributed by atoms with E-state index in [1.807, 2.05) is 35.2 Å². The quantitative estimate of drug-likeness (QED) is 0.224. The molecule has 1 saturated heterocycles. The first kappa shape index (κ1) is 29.9. The van der Waals surface area contributed by atoms with Crippen LogP contribution in [0.5, 0.6) is 0 Å². The van der Waals surface area contributed by atoms with E-state index in [1.54, 1.807) is 30.5 Å². The molecule has 9 nitrogen and oxygen atoms in total. The fourth-order valence-corrected chi connectivity index (χ4v) is 4.76. The van der Waals surface area contributed by atoms with Crippen LogP contribution in [0.25, 0.3) is 22.2 Å². The average molecular weight is 610 g/mol. The van der Waals surface area contributed by atoms with Crippen molar-refractivity contribution < 1.29 is 30.9 Å². The van der Waals surface area contributed by atoms with Crippen LogP contribution < -0.4 is 10.2 Å². The summed E-state index contributed by atoms with van der Waals surface area (Å²) in [6.07, 6.45) is -2.64. The Labute approximate surface area is 245 Å². The molecule has 13 heteroatoms. The number of fused-ring (bicyclic) bond motifs is 1. The van der Waals surface area contributed by atoms with Gasteiger partial charge < -0.3 is 15.0 Å². The van der Waals surface area contributed by atoms with Crippen LogP contribution in [0.15, 0.2) is 102 Å². The van der Waals surface area contributed by atoms with E-state index in [2.05, 4.69) is 15.3 Å². The Kier molecular flexibility index (Phi) is 8.85. The number of benzene rings is 3. The van der Waals surface area contributed by atoms with Crippen LogP contribution in [-0.2, 0) is 21.0 Å². The normalized spacial score (nSPS) is 13.7. The molecular formula is C30H26F3N5O4S.